The van der Waals surface area contributed by atoms with Crippen LogP contribution >= 0.6 is 11.6 Å². The van der Waals surface area contributed by atoms with E-state index in [0.717, 1.165) is 0 Å². The van der Waals surface area contributed by atoms with Crippen molar-refractivity contribution >= 4 is 23.0 Å². The number of halogens is 1. The Balaban J connectivity index is 2.56. The minimum Gasteiger partial charge on any atom is -0.258 e. The molecule has 0 aliphatic carbocycles. The third kappa shape index (κ3) is 2.70. The number of nitrogens with zero attached hydrogens (tertiary/aromatic N) is 4. The van der Waals surface area contributed by atoms with Crippen LogP contribution in [-0.4, -0.2) is 19.6 Å². The highest BCUT2D eigenvalue weighted by Crippen LogP contribution is 2.34. The first-order valence-electron chi connectivity index (χ1n) is 6.00. The lowest BCUT2D eigenvalue weighted by Gasteiger charge is -2.01. The van der Waals surface area contributed by atoms with Gasteiger partial charge in [-0.3, -0.25) is 20.2 Å². The van der Waals surface area contributed by atoms with Gasteiger partial charge in [0.1, 0.15) is 5.69 Å². The van der Waals surface area contributed by atoms with Crippen LogP contribution in [0.2, 0.25) is 5.15 Å². The number of rotatable bonds is 4. The van der Waals surface area contributed by atoms with Gasteiger partial charge < -0.3 is 0 Å². The second-order valence-electron chi connectivity index (χ2n) is 4.62. The summed E-state index contributed by atoms with van der Waals surface area (Å²) in [6.07, 6.45) is 0. The van der Waals surface area contributed by atoms with Crippen molar-refractivity contribution in [1.29, 1.82) is 0 Å². The van der Waals surface area contributed by atoms with Crippen molar-refractivity contribution in [3.05, 3.63) is 55.3 Å². The summed E-state index contributed by atoms with van der Waals surface area (Å²) in [4.78, 5) is 20.6. The zero-order valence-electron chi connectivity index (χ0n) is 11.2. The average Bonchev–Trinajstić information content (AvgIpc) is 2.76. The number of aromatic nitrogens is 2. The molecule has 2 aromatic rings. The second-order valence-corrected chi connectivity index (χ2v) is 4.98. The van der Waals surface area contributed by atoms with Gasteiger partial charge in [-0.25, -0.2) is 4.68 Å². The quantitative estimate of drug-likeness (QED) is 0.635. The summed E-state index contributed by atoms with van der Waals surface area (Å²) in [7, 11) is 0. The van der Waals surface area contributed by atoms with Crippen molar-refractivity contribution in [2.24, 2.45) is 0 Å². The molecule has 1 heterocycles. The van der Waals surface area contributed by atoms with Gasteiger partial charge >= 0.3 is 5.69 Å². The van der Waals surface area contributed by atoms with Crippen LogP contribution in [0.4, 0.5) is 11.4 Å². The number of non-ortho nitro benzene ring substituents is 1. The number of hydrogen-bond donors (Lipinski definition) is 0. The molecular formula is C12H11ClN4O4. The number of benzene rings is 1. The van der Waals surface area contributed by atoms with E-state index in [9.17, 15) is 20.2 Å². The summed E-state index contributed by atoms with van der Waals surface area (Å²) >= 11 is 6.03. The highest BCUT2D eigenvalue weighted by Gasteiger charge is 2.29. The van der Waals surface area contributed by atoms with Gasteiger partial charge in [-0.15, -0.1) is 0 Å². The van der Waals surface area contributed by atoms with Gasteiger partial charge in [0, 0.05) is 18.1 Å². The minimum absolute atomic E-state index is 0.0828. The van der Waals surface area contributed by atoms with Gasteiger partial charge in [0.25, 0.3) is 5.69 Å². The van der Waals surface area contributed by atoms with Crippen LogP contribution in [0.1, 0.15) is 25.5 Å². The van der Waals surface area contributed by atoms with Crippen LogP contribution in [0.25, 0.3) is 5.69 Å². The Bertz CT molecular complexity index is 709. The molecule has 0 aliphatic rings. The van der Waals surface area contributed by atoms with E-state index in [1.807, 2.05) is 0 Å². The molecule has 0 bridgehead atoms. The lowest BCUT2D eigenvalue weighted by molar-refractivity contribution is -0.385. The van der Waals surface area contributed by atoms with E-state index in [4.69, 9.17) is 11.6 Å². The minimum atomic E-state index is -0.577. The molecule has 0 amide bonds. The van der Waals surface area contributed by atoms with Crippen molar-refractivity contribution < 1.29 is 9.85 Å². The Kier molecular flexibility index (Phi) is 3.90. The summed E-state index contributed by atoms with van der Waals surface area (Å²) < 4.78 is 1.21. The number of nitro groups is 2. The highest BCUT2D eigenvalue weighted by molar-refractivity contribution is 6.32. The van der Waals surface area contributed by atoms with Crippen molar-refractivity contribution in [1.82, 2.24) is 9.78 Å². The molecule has 8 nitrogen and oxygen atoms in total. The summed E-state index contributed by atoms with van der Waals surface area (Å²) in [6.45, 7) is 3.54. The molecule has 21 heavy (non-hydrogen) atoms. The molecule has 0 saturated heterocycles. The first kappa shape index (κ1) is 14.9. The molecule has 0 atom stereocenters. The molecule has 0 unspecified atom stereocenters. The molecule has 0 fully saturated rings. The molecule has 110 valence electrons. The van der Waals surface area contributed by atoms with Crippen molar-refractivity contribution in [2.45, 2.75) is 19.8 Å². The van der Waals surface area contributed by atoms with Gasteiger partial charge in [0.15, 0.2) is 0 Å². The summed E-state index contributed by atoms with van der Waals surface area (Å²) in [5.74, 6) is -0.179. The molecule has 1 aromatic heterocycles. The van der Waals surface area contributed by atoms with Gasteiger partial charge in [0.05, 0.1) is 15.5 Å². The van der Waals surface area contributed by atoms with E-state index in [1.54, 1.807) is 13.8 Å². The summed E-state index contributed by atoms with van der Waals surface area (Å²) in [6, 6.07) is 5.44. The van der Waals surface area contributed by atoms with E-state index >= 15 is 0 Å². The van der Waals surface area contributed by atoms with Gasteiger partial charge in [-0.05, 0) is 12.1 Å². The zero-order chi connectivity index (χ0) is 15.7. The molecule has 2 rings (SSSR count). The van der Waals surface area contributed by atoms with E-state index in [1.165, 1.54) is 28.9 Å². The van der Waals surface area contributed by atoms with Crippen LogP contribution in [0.3, 0.4) is 0 Å². The van der Waals surface area contributed by atoms with Crippen molar-refractivity contribution in [3.63, 3.8) is 0 Å². The predicted octanol–water partition coefficient (Wildman–Crippen LogP) is 3.47. The Morgan fingerprint density at radius 1 is 1.14 bits per heavy atom. The topological polar surface area (TPSA) is 104 Å². The summed E-state index contributed by atoms with van der Waals surface area (Å²) in [5.41, 5.74) is 0.356. The number of hydrogen-bond acceptors (Lipinski definition) is 5. The molecule has 0 spiro atoms. The van der Waals surface area contributed by atoms with Crippen LogP contribution in [0.15, 0.2) is 24.3 Å². The summed E-state index contributed by atoms with van der Waals surface area (Å²) in [5, 5.41) is 25.8. The predicted molar refractivity (Wildman–Crippen MR) is 76.0 cm³/mol. The van der Waals surface area contributed by atoms with Crippen LogP contribution in [0, 0.1) is 20.2 Å². The smallest absolute Gasteiger partial charge is 0.258 e. The SMILES string of the molecule is CC(C)c1nn(-c2ccc([N+](=O)[O-])cc2)c(Cl)c1[N+](=O)[O-]. The maximum absolute atomic E-state index is 11.1. The zero-order valence-corrected chi connectivity index (χ0v) is 11.9. The Morgan fingerprint density at radius 3 is 2.10 bits per heavy atom. The molecule has 0 aliphatic heterocycles. The van der Waals surface area contributed by atoms with Gasteiger partial charge in [-0.2, -0.15) is 5.10 Å². The largest absolute Gasteiger partial charge is 0.329 e. The molecule has 9 heteroatoms. The molecule has 0 N–H and O–H groups in total. The molecule has 1 aromatic carbocycles. The lowest BCUT2D eigenvalue weighted by Crippen LogP contribution is -1.98. The Labute approximate surface area is 124 Å². The highest BCUT2D eigenvalue weighted by atomic mass is 35.5. The first-order chi connectivity index (χ1) is 9.82. The first-order valence-corrected chi connectivity index (χ1v) is 6.38. The van der Waals surface area contributed by atoms with E-state index in [-0.39, 0.29) is 28.1 Å². The van der Waals surface area contributed by atoms with Crippen LogP contribution < -0.4 is 0 Å². The number of nitro benzene ring substituents is 1. The van der Waals surface area contributed by atoms with E-state index < -0.39 is 9.85 Å². The second kappa shape index (κ2) is 5.49. The normalized spacial score (nSPS) is 10.9. The lowest BCUT2D eigenvalue weighted by atomic mass is 10.1. The third-order valence-electron chi connectivity index (χ3n) is 2.87. The fourth-order valence-electron chi connectivity index (χ4n) is 1.85. The maximum Gasteiger partial charge on any atom is 0.329 e. The Hall–Kier alpha value is -2.48. The Morgan fingerprint density at radius 2 is 1.71 bits per heavy atom. The van der Waals surface area contributed by atoms with E-state index in [0.29, 0.717) is 5.69 Å². The van der Waals surface area contributed by atoms with Crippen LogP contribution in [0.5, 0.6) is 0 Å². The van der Waals surface area contributed by atoms with Crippen molar-refractivity contribution in [2.75, 3.05) is 0 Å². The standard InChI is InChI=1S/C12H11ClN4O4/c1-7(2)10-11(17(20)21)12(13)15(14-10)8-3-5-9(6-4-8)16(18)19/h3-7H,1-2H3. The monoisotopic (exact) mass is 310 g/mol. The fourth-order valence-corrected chi connectivity index (χ4v) is 2.15. The molecular weight excluding hydrogens is 300 g/mol. The molecule has 0 saturated carbocycles. The third-order valence-corrected chi connectivity index (χ3v) is 3.21. The maximum atomic E-state index is 11.1. The molecule has 0 radical (unpaired) electrons. The van der Waals surface area contributed by atoms with Gasteiger partial charge in [0.2, 0.25) is 5.15 Å². The fraction of sp³-hybridized carbons (Fsp3) is 0.250. The van der Waals surface area contributed by atoms with Crippen LogP contribution in [-0.2, 0) is 0 Å². The van der Waals surface area contributed by atoms with Gasteiger partial charge in [-0.1, -0.05) is 25.4 Å². The van der Waals surface area contributed by atoms with E-state index in [2.05, 4.69) is 5.10 Å². The average molecular weight is 311 g/mol. The van der Waals surface area contributed by atoms with Crippen molar-refractivity contribution in [3.8, 4) is 5.69 Å².